The summed E-state index contributed by atoms with van der Waals surface area (Å²) in [6, 6.07) is 23.1. The Morgan fingerprint density at radius 2 is 1.82 bits per heavy atom. The normalized spacial score (nSPS) is 10.9. The second kappa shape index (κ2) is 10.5. The largest absolute Gasteiger partial charge is 0.491 e. The number of anilines is 1. The Hall–Kier alpha value is -3.04. The molecule has 2 N–H and O–H groups in total. The number of amides is 1. The first-order chi connectivity index (χ1) is 16.3. The van der Waals surface area contributed by atoms with Crippen molar-refractivity contribution in [2.45, 2.75) is 26.9 Å². The first-order valence-electron chi connectivity index (χ1n) is 10.9. The molecule has 0 aliphatic heterocycles. The van der Waals surface area contributed by atoms with Crippen molar-refractivity contribution in [1.82, 2.24) is 10.3 Å². The fourth-order valence-corrected chi connectivity index (χ4v) is 4.45. The molecule has 0 aliphatic rings. The van der Waals surface area contributed by atoms with E-state index in [9.17, 15) is 4.79 Å². The number of hydrogen-bond donors (Lipinski definition) is 2. The smallest absolute Gasteiger partial charge is 0.258 e. The van der Waals surface area contributed by atoms with Crippen LogP contribution in [0.4, 0.5) is 5.69 Å². The van der Waals surface area contributed by atoms with Gasteiger partial charge in [0.1, 0.15) is 5.75 Å². The molecule has 0 atom stereocenters. The number of carbonyl (C=O) groups is 1. The van der Waals surface area contributed by atoms with Crippen LogP contribution in [0.5, 0.6) is 5.75 Å². The summed E-state index contributed by atoms with van der Waals surface area (Å²) in [6.45, 7) is 5.96. The Morgan fingerprint density at radius 1 is 1.03 bits per heavy atom. The van der Waals surface area contributed by atoms with Crippen LogP contribution in [0.1, 0.15) is 29.8 Å². The maximum atomic E-state index is 13.3. The molecule has 0 fully saturated rings. The number of benzene rings is 3. The predicted molar refractivity (Wildman–Crippen MR) is 151 cm³/mol. The standard InChI is InChI=1S/C27H24IN3O2S/c1-16(2)33-20-8-6-7-18(14-20)25-15-22(21-9-4-5-10-24(21)29-25)26(32)31-27(34)30-23-12-11-19(28)13-17(23)3/h4-16H,1-3H3,(H2,30,31,32,34). The zero-order valence-corrected chi connectivity index (χ0v) is 22.0. The van der Waals surface area contributed by atoms with Crippen molar-refractivity contribution < 1.29 is 9.53 Å². The molecule has 0 saturated carbocycles. The van der Waals surface area contributed by atoms with Gasteiger partial charge in [0.15, 0.2) is 5.11 Å². The molecule has 0 aliphatic carbocycles. The molecule has 5 nitrogen and oxygen atoms in total. The Bertz CT molecular complexity index is 1390. The summed E-state index contributed by atoms with van der Waals surface area (Å²) in [5.41, 5.74) is 4.68. The van der Waals surface area contributed by atoms with Crippen LogP contribution in [0, 0.1) is 10.5 Å². The molecule has 1 amide bonds. The van der Waals surface area contributed by atoms with Crippen LogP contribution in [0.3, 0.4) is 0 Å². The highest BCUT2D eigenvalue weighted by Crippen LogP contribution is 2.28. The minimum atomic E-state index is -0.296. The highest BCUT2D eigenvalue weighted by Gasteiger charge is 2.16. The van der Waals surface area contributed by atoms with Gasteiger partial charge in [0, 0.05) is 20.2 Å². The molecule has 1 heterocycles. The maximum Gasteiger partial charge on any atom is 0.258 e. The first-order valence-corrected chi connectivity index (χ1v) is 12.3. The summed E-state index contributed by atoms with van der Waals surface area (Å²) < 4.78 is 6.97. The molecule has 4 aromatic rings. The topological polar surface area (TPSA) is 63.2 Å². The number of rotatable bonds is 5. The SMILES string of the molecule is Cc1cc(I)ccc1NC(=S)NC(=O)c1cc(-c2cccc(OC(C)C)c2)nc2ccccc12. The first kappa shape index (κ1) is 24.1. The van der Waals surface area contributed by atoms with E-state index in [-0.39, 0.29) is 17.1 Å². The van der Waals surface area contributed by atoms with E-state index < -0.39 is 0 Å². The number of aromatic nitrogens is 1. The molecule has 0 bridgehead atoms. The average Bonchev–Trinajstić information content (AvgIpc) is 2.80. The molecule has 0 saturated heterocycles. The number of hydrogen-bond acceptors (Lipinski definition) is 4. The fourth-order valence-electron chi connectivity index (χ4n) is 3.60. The summed E-state index contributed by atoms with van der Waals surface area (Å²) in [4.78, 5) is 18.1. The van der Waals surface area contributed by atoms with Crippen LogP contribution in [-0.2, 0) is 0 Å². The van der Waals surface area contributed by atoms with Crippen LogP contribution in [0.2, 0.25) is 0 Å². The molecular formula is C27H24IN3O2S. The van der Waals surface area contributed by atoms with E-state index in [2.05, 4.69) is 33.2 Å². The second-order valence-corrected chi connectivity index (χ2v) is 9.79. The molecule has 3 aromatic carbocycles. The van der Waals surface area contributed by atoms with Crippen molar-refractivity contribution in [2.24, 2.45) is 0 Å². The number of ether oxygens (including phenoxy) is 1. The van der Waals surface area contributed by atoms with Gasteiger partial charge in [-0.3, -0.25) is 10.1 Å². The number of carbonyl (C=O) groups excluding carboxylic acids is 1. The van der Waals surface area contributed by atoms with Crippen molar-refractivity contribution in [2.75, 3.05) is 5.32 Å². The Morgan fingerprint density at radius 3 is 2.59 bits per heavy atom. The maximum absolute atomic E-state index is 13.3. The fraction of sp³-hybridized carbons (Fsp3) is 0.148. The number of thiocarbonyl (C=S) groups is 1. The summed E-state index contributed by atoms with van der Waals surface area (Å²) in [6.07, 6.45) is 0.0615. The summed E-state index contributed by atoms with van der Waals surface area (Å²) in [5.74, 6) is 0.460. The Balaban J connectivity index is 1.65. The van der Waals surface area contributed by atoms with Crippen molar-refractivity contribution in [3.8, 4) is 17.0 Å². The van der Waals surface area contributed by atoms with Crippen molar-refractivity contribution in [3.05, 3.63) is 87.5 Å². The third-order valence-corrected chi connectivity index (χ3v) is 6.00. The van der Waals surface area contributed by atoms with Gasteiger partial charge in [-0.1, -0.05) is 30.3 Å². The number of fused-ring (bicyclic) bond motifs is 1. The van der Waals surface area contributed by atoms with E-state index in [1.54, 1.807) is 6.07 Å². The lowest BCUT2D eigenvalue weighted by molar-refractivity contribution is 0.0979. The Kier molecular flexibility index (Phi) is 7.43. The zero-order valence-electron chi connectivity index (χ0n) is 19.1. The third kappa shape index (κ3) is 5.71. The lowest BCUT2D eigenvalue weighted by atomic mass is 10.0. The van der Waals surface area contributed by atoms with E-state index in [4.69, 9.17) is 21.9 Å². The van der Waals surface area contributed by atoms with Crippen LogP contribution >= 0.6 is 34.8 Å². The van der Waals surface area contributed by atoms with Crippen molar-refractivity contribution in [1.29, 1.82) is 0 Å². The molecule has 4 rings (SSSR count). The molecular weight excluding hydrogens is 557 g/mol. The third-order valence-electron chi connectivity index (χ3n) is 5.13. The lowest BCUT2D eigenvalue weighted by Gasteiger charge is -2.14. The number of halogens is 1. The van der Waals surface area contributed by atoms with Crippen LogP contribution in [0.15, 0.2) is 72.8 Å². The van der Waals surface area contributed by atoms with E-state index in [1.165, 1.54) is 0 Å². The molecule has 34 heavy (non-hydrogen) atoms. The average molecular weight is 581 g/mol. The number of pyridine rings is 1. The van der Waals surface area contributed by atoms with Gasteiger partial charge in [0.25, 0.3) is 5.91 Å². The lowest BCUT2D eigenvalue weighted by Crippen LogP contribution is -2.34. The van der Waals surface area contributed by atoms with Gasteiger partial charge >= 0.3 is 0 Å². The van der Waals surface area contributed by atoms with Gasteiger partial charge in [-0.05, 0) is 104 Å². The molecule has 7 heteroatoms. The van der Waals surface area contributed by atoms with E-state index in [0.29, 0.717) is 11.3 Å². The summed E-state index contributed by atoms with van der Waals surface area (Å²) in [5, 5.41) is 6.94. The van der Waals surface area contributed by atoms with Crippen molar-refractivity contribution >= 4 is 62.4 Å². The monoisotopic (exact) mass is 581 g/mol. The van der Waals surface area contributed by atoms with Gasteiger partial charge in [0.2, 0.25) is 0 Å². The van der Waals surface area contributed by atoms with Crippen LogP contribution in [0.25, 0.3) is 22.2 Å². The Labute approximate surface area is 218 Å². The minimum absolute atomic E-state index is 0.0615. The van der Waals surface area contributed by atoms with Gasteiger partial charge in [0.05, 0.1) is 22.9 Å². The molecule has 1 aromatic heterocycles. The van der Waals surface area contributed by atoms with Crippen LogP contribution in [-0.4, -0.2) is 22.1 Å². The zero-order chi connectivity index (χ0) is 24.2. The van der Waals surface area contributed by atoms with Crippen molar-refractivity contribution in [3.63, 3.8) is 0 Å². The van der Waals surface area contributed by atoms with Crippen LogP contribution < -0.4 is 15.4 Å². The van der Waals surface area contributed by atoms with E-state index in [0.717, 1.165) is 37.0 Å². The number of nitrogens with zero attached hydrogens (tertiary/aromatic N) is 1. The number of aryl methyl sites for hydroxylation is 1. The quantitative estimate of drug-likeness (QED) is 0.202. The van der Waals surface area contributed by atoms with Gasteiger partial charge in [-0.25, -0.2) is 4.98 Å². The highest BCUT2D eigenvalue weighted by molar-refractivity contribution is 14.1. The minimum Gasteiger partial charge on any atom is -0.491 e. The predicted octanol–water partition coefficient (Wildman–Crippen LogP) is 6.73. The van der Waals surface area contributed by atoms with Gasteiger partial charge in [-0.15, -0.1) is 0 Å². The number of nitrogens with one attached hydrogen (secondary N) is 2. The molecule has 172 valence electrons. The highest BCUT2D eigenvalue weighted by atomic mass is 127. The number of para-hydroxylation sites is 1. The summed E-state index contributed by atoms with van der Waals surface area (Å²) in [7, 11) is 0. The molecule has 0 radical (unpaired) electrons. The summed E-state index contributed by atoms with van der Waals surface area (Å²) >= 11 is 7.70. The van der Waals surface area contributed by atoms with Gasteiger partial charge in [-0.2, -0.15) is 0 Å². The van der Waals surface area contributed by atoms with E-state index >= 15 is 0 Å². The molecule has 0 spiro atoms. The molecule has 0 unspecified atom stereocenters. The second-order valence-electron chi connectivity index (χ2n) is 8.13. The van der Waals surface area contributed by atoms with Gasteiger partial charge < -0.3 is 10.1 Å². The van der Waals surface area contributed by atoms with E-state index in [1.807, 2.05) is 87.5 Å².